The van der Waals surface area contributed by atoms with Crippen LogP contribution in [0.4, 0.5) is 4.79 Å². The van der Waals surface area contributed by atoms with Crippen LogP contribution in [-0.2, 0) is 9.59 Å². The van der Waals surface area contributed by atoms with Gasteiger partial charge in [-0.15, -0.1) is 5.92 Å². The van der Waals surface area contributed by atoms with Crippen molar-refractivity contribution in [2.75, 3.05) is 13.1 Å². The van der Waals surface area contributed by atoms with Crippen LogP contribution in [0.25, 0.3) is 0 Å². The van der Waals surface area contributed by atoms with Crippen molar-refractivity contribution in [3.63, 3.8) is 0 Å². The second-order valence-corrected chi connectivity index (χ2v) is 7.94. The molecule has 5 nitrogen and oxygen atoms in total. The molecule has 142 valence electrons. The van der Waals surface area contributed by atoms with E-state index in [0.717, 1.165) is 22.3 Å². The van der Waals surface area contributed by atoms with E-state index in [1.807, 2.05) is 26.0 Å². The molecule has 0 aromatic heterocycles. The Morgan fingerprint density at radius 3 is 2.07 bits per heavy atom. The van der Waals surface area contributed by atoms with Gasteiger partial charge in [0.25, 0.3) is 0 Å². The number of primary amides is 1. The Morgan fingerprint density at radius 1 is 1.11 bits per heavy atom. The maximum Gasteiger partial charge on any atom is 0.314 e. The molecule has 2 amide bonds. The zero-order valence-corrected chi connectivity index (χ0v) is 16.2. The van der Waals surface area contributed by atoms with Crippen LogP contribution in [0, 0.1) is 31.1 Å². The highest BCUT2D eigenvalue weighted by Crippen LogP contribution is 2.46. The van der Waals surface area contributed by atoms with Gasteiger partial charge in [-0.25, -0.2) is 4.79 Å². The average Bonchev–Trinajstić information content (AvgIpc) is 2.57. The molecule has 1 saturated carbocycles. The van der Waals surface area contributed by atoms with Crippen molar-refractivity contribution in [2.45, 2.75) is 52.4 Å². The van der Waals surface area contributed by atoms with E-state index >= 15 is 0 Å². The third-order valence-electron chi connectivity index (χ3n) is 6.03. The highest BCUT2D eigenvalue weighted by atomic mass is 16.2. The Labute approximate surface area is 160 Å². The van der Waals surface area contributed by atoms with Gasteiger partial charge < -0.3 is 10.6 Å². The van der Waals surface area contributed by atoms with Crippen molar-refractivity contribution in [3.05, 3.63) is 34.4 Å². The summed E-state index contributed by atoms with van der Waals surface area (Å²) in [5, 5.41) is 0. The van der Waals surface area contributed by atoms with E-state index < -0.39 is 11.9 Å². The standard InChI is InChI=1S/C22H26N2O3/c1-4-5-16-10-14(2)19(15(3)11-16)20-17(25)12-22(13-18(20)26)6-8-24(9-7-22)21(23)27/h10-11,20H,6-9,12-13H2,1-3H3,(H2,23,27). The fourth-order valence-electron chi connectivity index (χ4n) is 4.71. The SMILES string of the molecule is CC#Cc1cc(C)c(C2C(=O)CC3(CCN(C(N)=O)CC3)CC2=O)c(C)c1. The van der Waals surface area contributed by atoms with E-state index in [1.165, 1.54) is 0 Å². The predicted octanol–water partition coefficient (Wildman–Crippen LogP) is 2.85. The summed E-state index contributed by atoms with van der Waals surface area (Å²) >= 11 is 0. The minimum atomic E-state index is -0.673. The highest BCUT2D eigenvalue weighted by molar-refractivity contribution is 6.10. The predicted molar refractivity (Wildman–Crippen MR) is 103 cm³/mol. The largest absolute Gasteiger partial charge is 0.351 e. The monoisotopic (exact) mass is 366 g/mol. The molecular weight excluding hydrogens is 340 g/mol. The molecule has 2 N–H and O–H groups in total. The van der Waals surface area contributed by atoms with Crippen LogP contribution in [0.1, 0.15) is 60.8 Å². The van der Waals surface area contributed by atoms with E-state index in [1.54, 1.807) is 11.8 Å². The number of benzene rings is 1. The molecule has 2 fully saturated rings. The Bertz CT molecular complexity index is 824. The van der Waals surface area contributed by atoms with Gasteiger partial charge in [0.15, 0.2) is 0 Å². The minimum absolute atomic E-state index is 0.000647. The zero-order valence-electron chi connectivity index (χ0n) is 16.2. The molecule has 0 radical (unpaired) electrons. The Hall–Kier alpha value is -2.61. The fraction of sp³-hybridized carbons (Fsp3) is 0.500. The van der Waals surface area contributed by atoms with Crippen LogP contribution in [0.15, 0.2) is 12.1 Å². The first-order valence-corrected chi connectivity index (χ1v) is 9.40. The Balaban J connectivity index is 1.85. The van der Waals surface area contributed by atoms with Crippen molar-refractivity contribution in [1.82, 2.24) is 4.90 Å². The van der Waals surface area contributed by atoms with E-state index in [4.69, 9.17) is 5.73 Å². The summed E-state index contributed by atoms with van der Waals surface area (Å²) in [4.78, 5) is 39.0. The number of aryl methyl sites for hydroxylation is 2. The molecule has 0 bridgehead atoms. The molecule has 27 heavy (non-hydrogen) atoms. The minimum Gasteiger partial charge on any atom is -0.351 e. The third kappa shape index (κ3) is 3.62. The lowest BCUT2D eigenvalue weighted by Gasteiger charge is -2.44. The number of hydrogen-bond acceptors (Lipinski definition) is 3. The lowest BCUT2D eigenvalue weighted by molar-refractivity contribution is -0.138. The van der Waals surface area contributed by atoms with Crippen molar-refractivity contribution in [2.24, 2.45) is 11.1 Å². The lowest BCUT2D eigenvalue weighted by Crippen LogP contribution is -2.49. The van der Waals surface area contributed by atoms with Gasteiger partial charge in [-0.1, -0.05) is 5.92 Å². The summed E-state index contributed by atoms with van der Waals surface area (Å²) in [5.41, 5.74) is 8.67. The quantitative estimate of drug-likeness (QED) is 0.613. The number of ketones is 2. The molecule has 0 atom stereocenters. The molecule has 1 aromatic rings. The second-order valence-electron chi connectivity index (χ2n) is 7.94. The molecular formula is C22H26N2O3. The first-order valence-electron chi connectivity index (χ1n) is 9.40. The number of piperidine rings is 1. The lowest BCUT2D eigenvalue weighted by atomic mass is 9.62. The Kier molecular flexibility index (Phi) is 5.10. The normalized spacial score (nSPS) is 19.7. The van der Waals surface area contributed by atoms with Crippen LogP contribution in [0.3, 0.4) is 0 Å². The summed E-state index contributed by atoms with van der Waals surface area (Å²) in [6.07, 6.45) is 2.10. The van der Waals surface area contributed by atoms with Crippen LogP contribution in [0.5, 0.6) is 0 Å². The van der Waals surface area contributed by atoms with E-state index in [-0.39, 0.29) is 17.0 Å². The number of carbonyl (C=O) groups is 3. The molecule has 3 rings (SSSR count). The van der Waals surface area contributed by atoms with Crippen molar-refractivity contribution >= 4 is 17.6 Å². The fourth-order valence-corrected chi connectivity index (χ4v) is 4.71. The van der Waals surface area contributed by atoms with Gasteiger partial charge in [0, 0.05) is 31.5 Å². The molecule has 1 spiro atoms. The van der Waals surface area contributed by atoms with Crippen LogP contribution >= 0.6 is 0 Å². The summed E-state index contributed by atoms with van der Waals surface area (Å²) in [5.74, 6) is 5.25. The van der Waals surface area contributed by atoms with Crippen LogP contribution in [0.2, 0.25) is 0 Å². The molecule has 1 aliphatic heterocycles. The average molecular weight is 366 g/mol. The highest BCUT2D eigenvalue weighted by Gasteiger charge is 2.47. The van der Waals surface area contributed by atoms with E-state index in [0.29, 0.717) is 38.8 Å². The first-order chi connectivity index (χ1) is 12.8. The van der Waals surface area contributed by atoms with Gasteiger partial charge in [0.2, 0.25) is 0 Å². The number of nitrogens with two attached hydrogens (primary N) is 1. The number of amides is 2. The smallest absolute Gasteiger partial charge is 0.314 e. The summed E-state index contributed by atoms with van der Waals surface area (Å²) < 4.78 is 0. The second kappa shape index (κ2) is 7.19. The summed E-state index contributed by atoms with van der Waals surface area (Å²) in [7, 11) is 0. The molecule has 0 unspecified atom stereocenters. The summed E-state index contributed by atoms with van der Waals surface area (Å²) in [6, 6.07) is 3.47. The van der Waals surface area contributed by atoms with Gasteiger partial charge in [-0.05, 0) is 67.9 Å². The number of carbonyl (C=O) groups excluding carboxylic acids is 3. The number of Topliss-reactive ketones (excluding diaryl/α,β-unsaturated/α-hetero) is 2. The maximum absolute atomic E-state index is 13.1. The number of likely N-dealkylation sites (tertiary alicyclic amines) is 1. The topological polar surface area (TPSA) is 80.5 Å². The van der Waals surface area contributed by atoms with Crippen molar-refractivity contribution in [3.8, 4) is 11.8 Å². The van der Waals surface area contributed by atoms with Gasteiger partial charge in [0.05, 0.1) is 0 Å². The van der Waals surface area contributed by atoms with Crippen LogP contribution in [-0.4, -0.2) is 35.6 Å². The van der Waals surface area contributed by atoms with Crippen LogP contribution < -0.4 is 5.73 Å². The van der Waals surface area contributed by atoms with E-state index in [2.05, 4.69) is 11.8 Å². The van der Waals surface area contributed by atoms with Crippen molar-refractivity contribution in [1.29, 1.82) is 0 Å². The van der Waals surface area contributed by atoms with Gasteiger partial charge in [-0.3, -0.25) is 9.59 Å². The number of urea groups is 1. The van der Waals surface area contributed by atoms with Crippen molar-refractivity contribution < 1.29 is 14.4 Å². The maximum atomic E-state index is 13.1. The third-order valence-corrected chi connectivity index (χ3v) is 6.03. The molecule has 5 heteroatoms. The molecule has 2 aliphatic rings. The van der Waals surface area contributed by atoms with Gasteiger partial charge >= 0.3 is 6.03 Å². The van der Waals surface area contributed by atoms with Gasteiger partial charge in [0.1, 0.15) is 17.5 Å². The number of rotatable bonds is 1. The summed E-state index contributed by atoms with van der Waals surface area (Å²) in [6.45, 7) is 6.71. The van der Waals surface area contributed by atoms with Gasteiger partial charge in [-0.2, -0.15) is 0 Å². The first kappa shape index (κ1) is 19.2. The Morgan fingerprint density at radius 2 is 1.63 bits per heavy atom. The zero-order chi connectivity index (χ0) is 19.8. The molecule has 1 aromatic carbocycles. The van der Waals surface area contributed by atoms with E-state index in [9.17, 15) is 14.4 Å². The molecule has 1 aliphatic carbocycles. The molecule has 1 heterocycles. The molecule has 1 saturated heterocycles. The number of hydrogen-bond donors (Lipinski definition) is 1. The number of nitrogens with zero attached hydrogens (tertiary/aromatic N) is 1.